The van der Waals surface area contributed by atoms with Gasteiger partial charge in [-0.05, 0) is 19.4 Å². The van der Waals surface area contributed by atoms with Crippen molar-refractivity contribution in [1.29, 1.82) is 0 Å². The second-order valence-electron chi connectivity index (χ2n) is 5.26. The number of amides is 2. The molecule has 0 spiro atoms. The molecule has 1 N–H and O–H groups in total. The van der Waals surface area contributed by atoms with Crippen molar-refractivity contribution < 1.29 is 14.3 Å². The Morgan fingerprint density at radius 1 is 1.35 bits per heavy atom. The highest BCUT2D eigenvalue weighted by Crippen LogP contribution is 2.29. The second kappa shape index (κ2) is 6.05. The zero-order valence-corrected chi connectivity index (χ0v) is 12.0. The summed E-state index contributed by atoms with van der Waals surface area (Å²) in [6.45, 7) is 3.73. The van der Waals surface area contributed by atoms with E-state index >= 15 is 0 Å². The van der Waals surface area contributed by atoms with Gasteiger partial charge in [-0.2, -0.15) is 0 Å². The van der Waals surface area contributed by atoms with Gasteiger partial charge in [0.2, 0.25) is 5.91 Å². The van der Waals surface area contributed by atoms with Gasteiger partial charge in [0.1, 0.15) is 6.61 Å². The topological polar surface area (TPSA) is 58.6 Å². The standard InChI is InChI=1S/C15H20N2O3/c1-10(2)16-15(19)14-13(11-7-5-4-6-8-11)17(3)12(18)9-20-14/h4-8,10,13-14H,9H2,1-3H3,(H,16,19). The first-order valence-corrected chi connectivity index (χ1v) is 6.73. The molecule has 0 aliphatic carbocycles. The van der Waals surface area contributed by atoms with Crippen LogP contribution in [0, 0.1) is 0 Å². The van der Waals surface area contributed by atoms with Gasteiger partial charge in [0.25, 0.3) is 5.91 Å². The molecular formula is C15H20N2O3. The van der Waals surface area contributed by atoms with E-state index < -0.39 is 12.1 Å². The van der Waals surface area contributed by atoms with Crippen LogP contribution in [0.1, 0.15) is 25.5 Å². The monoisotopic (exact) mass is 276 g/mol. The molecule has 2 atom stereocenters. The smallest absolute Gasteiger partial charge is 0.251 e. The van der Waals surface area contributed by atoms with E-state index in [0.717, 1.165) is 5.56 Å². The Bertz CT molecular complexity index is 487. The number of benzene rings is 1. The average molecular weight is 276 g/mol. The van der Waals surface area contributed by atoms with Gasteiger partial charge in [-0.15, -0.1) is 0 Å². The van der Waals surface area contributed by atoms with E-state index in [1.807, 2.05) is 44.2 Å². The van der Waals surface area contributed by atoms with E-state index in [1.165, 1.54) is 0 Å². The predicted molar refractivity (Wildman–Crippen MR) is 75.0 cm³/mol. The molecule has 0 bridgehead atoms. The molecule has 5 nitrogen and oxygen atoms in total. The van der Waals surface area contributed by atoms with Crippen LogP contribution in [0.3, 0.4) is 0 Å². The Hall–Kier alpha value is -1.88. The number of likely N-dealkylation sites (N-methyl/N-ethyl adjacent to an activating group) is 1. The van der Waals surface area contributed by atoms with Gasteiger partial charge < -0.3 is 15.0 Å². The van der Waals surface area contributed by atoms with Gasteiger partial charge in [-0.25, -0.2) is 0 Å². The number of nitrogens with zero attached hydrogens (tertiary/aromatic N) is 1. The Labute approximate surface area is 118 Å². The summed E-state index contributed by atoms with van der Waals surface area (Å²) in [6, 6.07) is 9.12. The van der Waals surface area contributed by atoms with E-state index in [4.69, 9.17) is 4.74 Å². The van der Waals surface area contributed by atoms with Crippen LogP contribution in [-0.4, -0.2) is 42.5 Å². The molecule has 1 saturated heterocycles. The largest absolute Gasteiger partial charge is 0.356 e. The van der Waals surface area contributed by atoms with Crippen molar-refractivity contribution in [3.05, 3.63) is 35.9 Å². The highest BCUT2D eigenvalue weighted by Gasteiger charge is 2.39. The quantitative estimate of drug-likeness (QED) is 0.899. The lowest BCUT2D eigenvalue weighted by molar-refractivity contribution is -0.162. The number of hydrogen-bond donors (Lipinski definition) is 1. The Kier molecular flexibility index (Phi) is 4.39. The number of nitrogens with one attached hydrogen (secondary N) is 1. The van der Waals surface area contributed by atoms with Crippen LogP contribution < -0.4 is 5.32 Å². The fraction of sp³-hybridized carbons (Fsp3) is 0.467. The molecule has 1 fully saturated rings. The third-order valence-corrected chi connectivity index (χ3v) is 3.31. The molecule has 2 unspecified atom stereocenters. The van der Waals surface area contributed by atoms with Crippen LogP contribution >= 0.6 is 0 Å². The Morgan fingerprint density at radius 3 is 2.60 bits per heavy atom. The van der Waals surface area contributed by atoms with E-state index in [0.29, 0.717) is 0 Å². The number of morpholine rings is 1. The molecule has 5 heteroatoms. The SMILES string of the molecule is CC(C)NC(=O)C1OCC(=O)N(C)C1c1ccccc1. The Morgan fingerprint density at radius 2 is 2.00 bits per heavy atom. The van der Waals surface area contributed by atoms with Crippen LogP contribution in [0.5, 0.6) is 0 Å². The fourth-order valence-electron chi connectivity index (χ4n) is 2.35. The highest BCUT2D eigenvalue weighted by atomic mass is 16.5. The predicted octanol–water partition coefficient (Wildman–Crippen LogP) is 1.11. The summed E-state index contributed by atoms with van der Waals surface area (Å²) in [5, 5.41) is 2.85. The lowest BCUT2D eigenvalue weighted by Gasteiger charge is -2.38. The number of carbonyl (C=O) groups is 2. The average Bonchev–Trinajstić information content (AvgIpc) is 2.41. The molecule has 1 aliphatic heterocycles. The third kappa shape index (κ3) is 2.99. The molecule has 2 rings (SSSR count). The minimum Gasteiger partial charge on any atom is -0.356 e. The number of rotatable bonds is 3. The first kappa shape index (κ1) is 14.5. The molecule has 0 aromatic heterocycles. The van der Waals surface area contributed by atoms with Gasteiger partial charge in [0.15, 0.2) is 6.10 Å². The first-order valence-electron chi connectivity index (χ1n) is 6.73. The van der Waals surface area contributed by atoms with Gasteiger partial charge in [0.05, 0.1) is 6.04 Å². The van der Waals surface area contributed by atoms with Gasteiger partial charge in [-0.1, -0.05) is 30.3 Å². The maximum absolute atomic E-state index is 12.3. The van der Waals surface area contributed by atoms with Crippen LogP contribution in [-0.2, 0) is 14.3 Å². The van der Waals surface area contributed by atoms with Crippen molar-refractivity contribution in [3.8, 4) is 0 Å². The van der Waals surface area contributed by atoms with Crippen LogP contribution in [0.15, 0.2) is 30.3 Å². The molecule has 0 saturated carbocycles. The molecule has 1 aromatic rings. The van der Waals surface area contributed by atoms with E-state index in [-0.39, 0.29) is 24.5 Å². The van der Waals surface area contributed by atoms with Crippen molar-refractivity contribution in [1.82, 2.24) is 10.2 Å². The zero-order chi connectivity index (χ0) is 14.7. The molecule has 0 radical (unpaired) electrons. The minimum absolute atomic E-state index is 0.0328. The van der Waals surface area contributed by atoms with Crippen molar-refractivity contribution >= 4 is 11.8 Å². The van der Waals surface area contributed by atoms with E-state index in [9.17, 15) is 9.59 Å². The van der Waals surface area contributed by atoms with E-state index in [1.54, 1.807) is 11.9 Å². The minimum atomic E-state index is -0.678. The Balaban J connectivity index is 2.29. The molecule has 2 amide bonds. The summed E-state index contributed by atoms with van der Waals surface area (Å²) in [5.41, 5.74) is 0.895. The highest BCUT2D eigenvalue weighted by molar-refractivity contribution is 5.86. The molecule has 20 heavy (non-hydrogen) atoms. The van der Waals surface area contributed by atoms with Crippen molar-refractivity contribution in [2.24, 2.45) is 0 Å². The first-order chi connectivity index (χ1) is 9.50. The molecular weight excluding hydrogens is 256 g/mol. The summed E-state index contributed by atoms with van der Waals surface area (Å²) in [7, 11) is 1.71. The maximum atomic E-state index is 12.3. The number of ether oxygens (including phenoxy) is 1. The number of carbonyl (C=O) groups excluding carboxylic acids is 2. The summed E-state index contributed by atoms with van der Waals surface area (Å²) in [4.78, 5) is 25.7. The lowest BCUT2D eigenvalue weighted by atomic mass is 9.97. The molecule has 1 heterocycles. The zero-order valence-electron chi connectivity index (χ0n) is 12.0. The van der Waals surface area contributed by atoms with Gasteiger partial charge in [-0.3, -0.25) is 9.59 Å². The summed E-state index contributed by atoms with van der Waals surface area (Å²) >= 11 is 0. The van der Waals surface area contributed by atoms with Crippen molar-refractivity contribution in [3.63, 3.8) is 0 Å². The number of hydrogen-bond acceptors (Lipinski definition) is 3. The molecule has 1 aliphatic rings. The van der Waals surface area contributed by atoms with Crippen molar-refractivity contribution in [2.45, 2.75) is 32.0 Å². The fourth-order valence-corrected chi connectivity index (χ4v) is 2.35. The maximum Gasteiger partial charge on any atom is 0.251 e. The molecule has 1 aromatic carbocycles. The van der Waals surface area contributed by atoms with Crippen LogP contribution in [0.4, 0.5) is 0 Å². The lowest BCUT2D eigenvalue weighted by Crippen LogP contribution is -2.53. The van der Waals surface area contributed by atoms with Crippen LogP contribution in [0.2, 0.25) is 0 Å². The van der Waals surface area contributed by atoms with Crippen molar-refractivity contribution in [2.75, 3.05) is 13.7 Å². The van der Waals surface area contributed by atoms with E-state index in [2.05, 4.69) is 5.32 Å². The van der Waals surface area contributed by atoms with Gasteiger partial charge in [0, 0.05) is 13.1 Å². The third-order valence-electron chi connectivity index (χ3n) is 3.31. The summed E-state index contributed by atoms with van der Waals surface area (Å²) in [6.07, 6.45) is -0.678. The summed E-state index contributed by atoms with van der Waals surface area (Å²) in [5.74, 6) is -0.305. The molecule has 108 valence electrons. The van der Waals surface area contributed by atoms with Gasteiger partial charge >= 0.3 is 0 Å². The normalized spacial score (nSPS) is 23.0. The van der Waals surface area contributed by atoms with Crippen LogP contribution in [0.25, 0.3) is 0 Å². The summed E-state index contributed by atoms with van der Waals surface area (Å²) < 4.78 is 5.49. The second-order valence-corrected chi connectivity index (χ2v) is 5.26.